The molecule has 0 unspecified atom stereocenters. The van der Waals surface area contributed by atoms with Gasteiger partial charge in [-0.3, -0.25) is 0 Å². The van der Waals surface area contributed by atoms with Gasteiger partial charge in [-0.25, -0.2) is 22.8 Å². The summed E-state index contributed by atoms with van der Waals surface area (Å²) in [7, 11) is -2.10. The lowest BCUT2D eigenvalue weighted by Gasteiger charge is -2.43. The van der Waals surface area contributed by atoms with Crippen LogP contribution in [0.15, 0.2) is 24.4 Å². The summed E-state index contributed by atoms with van der Waals surface area (Å²) in [6.45, 7) is 8.76. The fraction of sp³-hybridized carbons (Fsp3) is 0.478. The van der Waals surface area contributed by atoms with Gasteiger partial charge in [-0.2, -0.15) is 0 Å². The Balaban J connectivity index is 2.07. The minimum Gasteiger partial charge on any atom is -0.491 e. The van der Waals surface area contributed by atoms with Crippen LogP contribution in [0.3, 0.4) is 0 Å². The molecule has 4 rings (SSSR count). The number of benzene rings is 1. The second-order valence-corrected chi connectivity index (χ2v) is 12.0. The number of nitrogens with one attached hydrogen (secondary N) is 1. The van der Waals surface area contributed by atoms with E-state index in [0.29, 0.717) is 53.6 Å². The number of anilines is 1. The number of methoxy groups -OCH3 is 1. The number of sulfone groups is 1. The highest BCUT2D eigenvalue weighted by Gasteiger charge is 2.41. The number of hydrogen-bond donors (Lipinski definition) is 1. The van der Waals surface area contributed by atoms with Crippen LogP contribution in [0.5, 0.6) is 5.75 Å². The first-order chi connectivity index (χ1) is 15.4. The molecule has 3 aromatic rings. The van der Waals surface area contributed by atoms with Gasteiger partial charge in [-0.05, 0) is 45.9 Å². The average molecular weight is 477 g/mol. The third-order valence-corrected chi connectivity index (χ3v) is 8.41. The van der Waals surface area contributed by atoms with E-state index in [1.807, 2.05) is 13.8 Å². The maximum absolute atomic E-state index is 14.3. The van der Waals surface area contributed by atoms with E-state index in [4.69, 9.17) is 19.4 Å². The molecule has 0 radical (unpaired) electrons. The van der Waals surface area contributed by atoms with Crippen molar-refractivity contribution < 1.29 is 22.3 Å². The van der Waals surface area contributed by atoms with Crippen LogP contribution in [0.4, 0.5) is 10.2 Å². The number of hydrogen-bond acceptors (Lipinski definition) is 7. The minimum absolute atomic E-state index is 0.253. The number of H-pyrrole nitrogens is 1. The van der Waals surface area contributed by atoms with Crippen molar-refractivity contribution in [1.82, 2.24) is 15.0 Å². The maximum atomic E-state index is 14.3. The van der Waals surface area contributed by atoms with E-state index in [2.05, 4.69) is 9.88 Å². The van der Waals surface area contributed by atoms with Gasteiger partial charge < -0.3 is 19.4 Å². The third kappa shape index (κ3) is 3.85. The first kappa shape index (κ1) is 23.4. The third-order valence-electron chi connectivity index (χ3n) is 6.36. The molecule has 1 aliphatic heterocycles. The Morgan fingerprint density at radius 2 is 1.97 bits per heavy atom. The lowest BCUT2D eigenvalue weighted by molar-refractivity contribution is 0.0635. The largest absolute Gasteiger partial charge is 0.491 e. The normalized spacial score (nSPS) is 16.9. The van der Waals surface area contributed by atoms with Crippen molar-refractivity contribution in [2.75, 3.05) is 38.0 Å². The van der Waals surface area contributed by atoms with Crippen LogP contribution >= 0.6 is 0 Å². The van der Waals surface area contributed by atoms with Crippen molar-refractivity contribution in [2.45, 2.75) is 38.0 Å². The molecule has 0 atom stereocenters. The van der Waals surface area contributed by atoms with E-state index >= 15 is 0 Å². The second kappa shape index (κ2) is 7.95. The molecule has 3 heterocycles. The van der Waals surface area contributed by atoms with E-state index in [1.54, 1.807) is 32.2 Å². The molecule has 0 spiro atoms. The molecule has 0 amide bonds. The van der Waals surface area contributed by atoms with E-state index < -0.39 is 25.9 Å². The molecule has 1 saturated heterocycles. The molecule has 1 N–H and O–H groups in total. The summed E-state index contributed by atoms with van der Waals surface area (Å²) in [6.07, 6.45) is 2.82. The number of fused-ring (bicyclic) bond motifs is 1. The van der Waals surface area contributed by atoms with Gasteiger partial charge in [0.1, 0.15) is 16.3 Å². The van der Waals surface area contributed by atoms with Gasteiger partial charge in [0.25, 0.3) is 0 Å². The number of morpholine rings is 1. The predicted molar refractivity (Wildman–Crippen MR) is 126 cm³/mol. The standard InChI is InChI=1S/C23H29FN4O4S/c1-22(2)13-32-12-11-28(22)21-18(31-5)19(23(3,4)33(6,29)30)26-20(27-21)15-7-8-16(24)17-14(15)9-10-25-17/h7-10,25H,11-13H2,1-6H3. The predicted octanol–water partition coefficient (Wildman–Crippen LogP) is 3.67. The summed E-state index contributed by atoms with van der Waals surface area (Å²) in [5.74, 6) is 0.690. The topological polar surface area (TPSA) is 97.4 Å². The lowest BCUT2D eigenvalue weighted by atomic mass is 10.0. The molecule has 10 heteroatoms. The summed E-state index contributed by atoms with van der Waals surface area (Å²) >= 11 is 0. The van der Waals surface area contributed by atoms with Crippen LogP contribution in [-0.4, -0.2) is 62.0 Å². The van der Waals surface area contributed by atoms with E-state index in [-0.39, 0.29) is 5.69 Å². The zero-order valence-corrected chi connectivity index (χ0v) is 20.5. The van der Waals surface area contributed by atoms with Crippen molar-refractivity contribution in [3.63, 3.8) is 0 Å². The van der Waals surface area contributed by atoms with Gasteiger partial charge >= 0.3 is 0 Å². The van der Waals surface area contributed by atoms with Crippen LogP contribution in [0.25, 0.3) is 22.3 Å². The first-order valence-corrected chi connectivity index (χ1v) is 12.5. The summed E-state index contributed by atoms with van der Waals surface area (Å²) in [5, 5.41) is 0.607. The van der Waals surface area contributed by atoms with Crippen LogP contribution in [0, 0.1) is 5.82 Å². The molecule has 1 fully saturated rings. The van der Waals surface area contributed by atoms with Crippen LogP contribution in [-0.2, 0) is 19.3 Å². The van der Waals surface area contributed by atoms with Crippen LogP contribution < -0.4 is 9.64 Å². The summed E-state index contributed by atoms with van der Waals surface area (Å²) in [6, 6.07) is 4.71. The quantitative estimate of drug-likeness (QED) is 0.600. The molecular weight excluding hydrogens is 447 g/mol. The molecule has 0 saturated carbocycles. The van der Waals surface area contributed by atoms with Crippen molar-refractivity contribution >= 4 is 26.6 Å². The average Bonchev–Trinajstić information content (AvgIpc) is 3.23. The number of rotatable bonds is 5. The molecular formula is C23H29FN4O4S. The number of aromatic nitrogens is 3. The first-order valence-electron chi connectivity index (χ1n) is 10.7. The molecule has 178 valence electrons. The molecule has 2 aromatic heterocycles. The fourth-order valence-electron chi connectivity index (χ4n) is 4.08. The molecule has 0 aliphatic carbocycles. The Morgan fingerprint density at radius 3 is 2.61 bits per heavy atom. The van der Waals surface area contributed by atoms with Crippen molar-refractivity contribution in [3.05, 3.63) is 35.9 Å². The maximum Gasteiger partial charge on any atom is 0.184 e. The van der Waals surface area contributed by atoms with Gasteiger partial charge in [0, 0.05) is 29.9 Å². The van der Waals surface area contributed by atoms with E-state index in [1.165, 1.54) is 19.4 Å². The minimum atomic E-state index is -3.58. The van der Waals surface area contributed by atoms with Gasteiger partial charge in [-0.1, -0.05) is 0 Å². The molecule has 0 bridgehead atoms. The lowest BCUT2D eigenvalue weighted by Crippen LogP contribution is -2.53. The van der Waals surface area contributed by atoms with E-state index in [9.17, 15) is 12.8 Å². The van der Waals surface area contributed by atoms with E-state index in [0.717, 1.165) is 0 Å². The van der Waals surface area contributed by atoms with Gasteiger partial charge in [-0.15, -0.1) is 0 Å². The Hall–Kier alpha value is -2.72. The number of halogens is 1. The summed E-state index contributed by atoms with van der Waals surface area (Å²) in [4.78, 5) is 14.5. The molecule has 1 aliphatic rings. The zero-order valence-electron chi connectivity index (χ0n) is 19.7. The van der Waals surface area contributed by atoms with Gasteiger partial charge in [0.05, 0.1) is 31.4 Å². The molecule has 33 heavy (non-hydrogen) atoms. The van der Waals surface area contributed by atoms with Crippen LogP contribution in [0.2, 0.25) is 0 Å². The second-order valence-electron chi connectivity index (χ2n) is 9.41. The smallest absolute Gasteiger partial charge is 0.184 e. The fourth-order valence-corrected chi connectivity index (χ4v) is 4.57. The Bertz CT molecular complexity index is 1320. The van der Waals surface area contributed by atoms with Crippen molar-refractivity contribution in [1.29, 1.82) is 0 Å². The SMILES string of the molecule is COc1c(N2CCOCC2(C)C)nc(-c2ccc(F)c3[nH]ccc23)nc1C(C)(C)S(C)(=O)=O. The molecule has 8 nitrogen and oxygen atoms in total. The summed E-state index contributed by atoms with van der Waals surface area (Å²) in [5.41, 5.74) is 0.760. The highest BCUT2D eigenvalue weighted by atomic mass is 32.2. The van der Waals surface area contributed by atoms with Gasteiger partial charge in [0.2, 0.25) is 0 Å². The number of aromatic amines is 1. The van der Waals surface area contributed by atoms with Crippen LogP contribution in [0.1, 0.15) is 33.4 Å². The highest BCUT2D eigenvalue weighted by Crippen LogP contribution is 2.43. The van der Waals surface area contributed by atoms with Crippen molar-refractivity contribution in [3.8, 4) is 17.1 Å². The monoisotopic (exact) mass is 476 g/mol. The number of ether oxygens (including phenoxy) is 2. The summed E-state index contributed by atoms with van der Waals surface area (Å²) < 4.78 is 50.0. The Labute approximate surface area is 193 Å². The Morgan fingerprint density at radius 1 is 1.24 bits per heavy atom. The zero-order chi connectivity index (χ0) is 24.2. The highest BCUT2D eigenvalue weighted by molar-refractivity contribution is 7.91. The number of nitrogens with zero attached hydrogens (tertiary/aromatic N) is 3. The van der Waals surface area contributed by atoms with Gasteiger partial charge in [0.15, 0.2) is 27.2 Å². The molecule has 1 aromatic carbocycles. The Kier molecular flexibility index (Phi) is 5.65. The van der Waals surface area contributed by atoms with Crippen molar-refractivity contribution in [2.24, 2.45) is 0 Å².